The summed E-state index contributed by atoms with van der Waals surface area (Å²) < 4.78 is 23.7. The average molecular weight is 393 g/mol. The summed E-state index contributed by atoms with van der Waals surface area (Å²) in [6, 6.07) is 4.69. The van der Waals surface area contributed by atoms with Gasteiger partial charge in [-0.25, -0.2) is 19.0 Å². The lowest BCUT2D eigenvalue weighted by Gasteiger charge is -2.62. The molecular formula is C22H24FN5O. The fourth-order valence-corrected chi connectivity index (χ4v) is 6.90. The smallest absolute Gasteiger partial charge is 0.144 e. The van der Waals surface area contributed by atoms with E-state index in [2.05, 4.69) is 25.5 Å². The van der Waals surface area contributed by atoms with Crippen molar-refractivity contribution in [2.75, 3.05) is 7.11 Å². The van der Waals surface area contributed by atoms with Gasteiger partial charge in [-0.2, -0.15) is 5.10 Å². The minimum Gasteiger partial charge on any atom is -0.496 e. The molecule has 0 saturated heterocycles. The van der Waals surface area contributed by atoms with Crippen molar-refractivity contribution in [1.29, 1.82) is 0 Å². The monoisotopic (exact) mass is 393 g/mol. The Hall–Kier alpha value is -2.70. The van der Waals surface area contributed by atoms with Crippen molar-refractivity contribution in [3.8, 4) is 17.1 Å². The second-order valence-electron chi connectivity index (χ2n) is 9.22. The Balaban J connectivity index is 1.48. The molecule has 4 bridgehead atoms. The van der Waals surface area contributed by atoms with Crippen molar-refractivity contribution in [3.63, 3.8) is 0 Å². The zero-order chi connectivity index (χ0) is 19.6. The van der Waals surface area contributed by atoms with E-state index in [1.807, 2.05) is 12.5 Å². The molecule has 150 valence electrons. The van der Waals surface area contributed by atoms with Crippen LogP contribution in [-0.2, 0) is 11.1 Å². The molecule has 7 rings (SSSR count). The zero-order valence-electron chi connectivity index (χ0n) is 16.5. The molecule has 29 heavy (non-hydrogen) atoms. The van der Waals surface area contributed by atoms with Crippen LogP contribution in [0.3, 0.4) is 0 Å². The van der Waals surface area contributed by atoms with Gasteiger partial charge >= 0.3 is 0 Å². The molecular weight excluding hydrogens is 369 g/mol. The highest BCUT2D eigenvalue weighted by Gasteiger charge is 2.60. The minimum atomic E-state index is -0.302. The van der Waals surface area contributed by atoms with Crippen molar-refractivity contribution in [2.45, 2.75) is 49.6 Å². The number of hydrogen-bond donors (Lipinski definition) is 0. The number of methoxy groups -OCH3 is 1. The summed E-state index contributed by atoms with van der Waals surface area (Å²) in [7, 11) is 1.58. The zero-order valence-corrected chi connectivity index (χ0v) is 16.5. The van der Waals surface area contributed by atoms with E-state index in [4.69, 9.17) is 9.72 Å². The Morgan fingerprint density at radius 1 is 1.14 bits per heavy atom. The van der Waals surface area contributed by atoms with Gasteiger partial charge in [-0.15, -0.1) is 0 Å². The first-order valence-corrected chi connectivity index (χ1v) is 10.3. The van der Waals surface area contributed by atoms with Crippen molar-refractivity contribution < 1.29 is 9.13 Å². The quantitative estimate of drug-likeness (QED) is 0.672. The molecule has 3 aromatic rings. The van der Waals surface area contributed by atoms with Gasteiger partial charge in [-0.05, 0) is 62.5 Å². The molecule has 4 aliphatic rings. The van der Waals surface area contributed by atoms with E-state index in [0.717, 1.165) is 30.7 Å². The van der Waals surface area contributed by atoms with E-state index in [9.17, 15) is 4.39 Å². The van der Waals surface area contributed by atoms with Gasteiger partial charge in [0.25, 0.3) is 0 Å². The number of benzene rings is 1. The lowest BCUT2D eigenvalue weighted by molar-refractivity contribution is -0.0968. The maximum Gasteiger partial charge on any atom is 0.144 e. The van der Waals surface area contributed by atoms with Crippen LogP contribution in [0.1, 0.15) is 38.5 Å². The summed E-state index contributed by atoms with van der Waals surface area (Å²) in [6.07, 6.45) is 14.5. The van der Waals surface area contributed by atoms with Crippen LogP contribution < -0.4 is 4.74 Å². The lowest BCUT2D eigenvalue weighted by atomic mass is 9.49. The van der Waals surface area contributed by atoms with Crippen LogP contribution in [0.2, 0.25) is 0 Å². The molecule has 2 aromatic heterocycles. The second kappa shape index (κ2) is 5.90. The Labute approximate surface area is 168 Å². The average Bonchev–Trinajstić information content (AvgIpc) is 3.39. The first-order chi connectivity index (χ1) is 14.1. The summed E-state index contributed by atoms with van der Waals surface area (Å²) in [5.74, 6) is 2.45. The van der Waals surface area contributed by atoms with E-state index in [-0.39, 0.29) is 16.9 Å². The predicted molar refractivity (Wildman–Crippen MR) is 105 cm³/mol. The van der Waals surface area contributed by atoms with Crippen molar-refractivity contribution >= 4 is 0 Å². The third-order valence-corrected chi connectivity index (χ3v) is 7.46. The summed E-state index contributed by atoms with van der Waals surface area (Å²) in [5.41, 5.74) is 0.875. The second-order valence-corrected chi connectivity index (χ2v) is 9.22. The van der Waals surface area contributed by atoms with Gasteiger partial charge in [-0.1, -0.05) is 0 Å². The van der Waals surface area contributed by atoms with Crippen LogP contribution in [0, 0.1) is 17.7 Å². The molecule has 0 radical (unpaired) electrons. The van der Waals surface area contributed by atoms with Crippen LogP contribution in [0.25, 0.3) is 11.4 Å². The molecule has 2 heterocycles. The van der Waals surface area contributed by atoms with E-state index >= 15 is 0 Å². The largest absolute Gasteiger partial charge is 0.496 e. The minimum absolute atomic E-state index is 0.00125. The van der Waals surface area contributed by atoms with Crippen LogP contribution in [0.15, 0.2) is 43.2 Å². The van der Waals surface area contributed by atoms with Gasteiger partial charge in [0, 0.05) is 24.0 Å². The van der Waals surface area contributed by atoms with Crippen molar-refractivity contribution in [2.24, 2.45) is 11.8 Å². The summed E-state index contributed by atoms with van der Waals surface area (Å²) in [5, 5.41) is 4.56. The molecule has 7 heteroatoms. The molecule has 2 unspecified atom stereocenters. The van der Waals surface area contributed by atoms with Gasteiger partial charge in [0.2, 0.25) is 0 Å². The van der Waals surface area contributed by atoms with Crippen LogP contribution in [0.4, 0.5) is 4.39 Å². The molecule has 4 aliphatic carbocycles. The number of halogens is 1. The molecule has 2 atom stereocenters. The molecule has 6 nitrogen and oxygen atoms in total. The highest BCUT2D eigenvalue weighted by Crippen LogP contribution is 2.63. The Morgan fingerprint density at radius 3 is 2.66 bits per heavy atom. The molecule has 0 N–H and O–H groups in total. The number of hydrogen-bond acceptors (Lipinski definition) is 4. The number of nitrogens with zero attached hydrogens (tertiary/aromatic N) is 5. The van der Waals surface area contributed by atoms with Crippen LogP contribution >= 0.6 is 0 Å². The topological polar surface area (TPSA) is 57.8 Å². The third kappa shape index (κ3) is 2.42. The highest BCUT2D eigenvalue weighted by atomic mass is 19.1. The molecule has 0 spiro atoms. The summed E-state index contributed by atoms with van der Waals surface area (Å²) in [6.45, 7) is 0. The van der Waals surface area contributed by atoms with E-state index < -0.39 is 0 Å². The maximum atomic E-state index is 13.8. The molecule has 0 aliphatic heterocycles. The fraction of sp³-hybridized carbons (Fsp3) is 0.500. The SMILES string of the molecule is COc1cc(F)ccc1-c1nccn1C12CC3CC(CC(n4cncn4)(C3)C1)C2. The standard InChI is InChI=1S/C22H24FN5O/c1-29-19-7-17(23)2-3-18(19)20-25-4-5-27(20)21-8-15-6-16(9-21)11-22(10-15,12-21)28-14-24-13-26-28/h2-5,7,13-16H,6,8-12H2,1H3. The van der Waals surface area contributed by atoms with Gasteiger partial charge in [0.05, 0.1) is 18.2 Å². The van der Waals surface area contributed by atoms with E-state index in [0.29, 0.717) is 17.6 Å². The first kappa shape index (κ1) is 17.2. The maximum absolute atomic E-state index is 13.8. The van der Waals surface area contributed by atoms with Gasteiger partial charge in [0.15, 0.2) is 0 Å². The van der Waals surface area contributed by atoms with Gasteiger partial charge < -0.3 is 9.30 Å². The molecule has 4 fully saturated rings. The van der Waals surface area contributed by atoms with Crippen LogP contribution in [0.5, 0.6) is 5.75 Å². The Bertz CT molecular complexity index is 1050. The van der Waals surface area contributed by atoms with Gasteiger partial charge in [0.1, 0.15) is 30.0 Å². The number of aromatic nitrogens is 5. The lowest BCUT2D eigenvalue weighted by Crippen LogP contribution is -2.60. The third-order valence-electron chi connectivity index (χ3n) is 7.46. The Kier molecular flexibility index (Phi) is 3.50. The normalized spacial score (nSPS) is 32.6. The van der Waals surface area contributed by atoms with Crippen LogP contribution in [-0.4, -0.2) is 31.4 Å². The summed E-state index contributed by atoms with van der Waals surface area (Å²) >= 11 is 0. The predicted octanol–water partition coefficient (Wildman–Crippen LogP) is 3.99. The number of imidazole rings is 1. The summed E-state index contributed by atoms with van der Waals surface area (Å²) in [4.78, 5) is 8.93. The van der Waals surface area contributed by atoms with Crippen molar-refractivity contribution in [1.82, 2.24) is 24.3 Å². The molecule has 0 amide bonds. The highest BCUT2D eigenvalue weighted by molar-refractivity contribution is 5.65. The van der Waals surface area contributed by atoms with E-state index in [1.54, 1.807) is 19.5 Å². The number of ether oxygens (including phenoxy) is 1. The fourth-order valence-electron chi connectivity index (χ4n) is 6.90. The van der Waals surface area contributed by atoms with E-state index in [1.165, 1.54) is 31.4 Å². The molecule has 1 aromatic carbocycles. The number of rotatable bonds is 4. The first-order valence-electron chi connectivity index (χ1n) is 10.3. The molecule has 4 saturated carbocycles. The van der Waals surface area contributed by atoms with Crippen molar-refractivity contribution in [3.05, 3.63) is 49.1 Å². The Morgan fingerprint density at radius 2 is 1.93 bits per heavy atom. The van der Waals surface area contributed by atoms with Gasteiger partial charge in [-0.3, -0.25) is 0 Å².